The fourth-order valence-electron chi connectivity index (χ4n) is 2.46. The molecule has 0 aromatic carbocycles. The summed E-state index contributed by atoms with van der Waals surface area (Å²) in [5, 5.41) is 0. The van der Waals surface area contributed by atoms with E-state index in [-0.39, 0.29) is 5.41 Å². The molecule has 4 heteroatoms. The van der Waals surface area contributed by atoms with Gasteiger partial charge in [0.05, 0.1) is 0 Å². The molecule has 0 unspecified atom stereocenters. The first-order valence-corrected chi connectivity index (χ1v) is 7.00. The molecule has 4 nitrogen and oxygen atoms in total. The lowest BCUT2D eigenvalue weighted by Gasteiger charge is -2.25. The van der Waals surface area contributed by atoms with Gasteiger partial charge in [-0.05, 0) is 18.8 Å². The average Bonchev–Trinajstić information content (AvgIpc) is 2.61. The van der Waals surface area contributed by atoms with Crippen molar-refractivity contribution in [3.63, 3.8) is 0 Å². The van der Waals surface area contributed by atoms with E-state index in [1.54, 1.807) is 0 Å². The molecule has 0 aliphatic carbocycles. The Labute approximate surface area is 116 Å². The van der Waals surface area contributed by atoms with Crippen molar-refractivity contribution in [2.45, 2.75) is 53.4 Å². The quantitative estimate of drug-likeness (QED) is 0.845. The third-order valence-electron chi connectivity index (χ3n) is 3.81. The van der Waals surface area contributed by atoms with Crippen molar-refractivity contribution in [1.29, 1.82) is 0 Å². The molecule has 0 saturated carbocycles. The van der Waals surface area contributed by atoms with Crippen LogP contribution >= 0.6 is 0 Å². The van der Waals surface area contributed by atoms with Crippen LogP contribution in [0, 0.1) is 12.3 Å². The van der Waals surface area contributed by atoms with Gasteiger partial charge >= 0.3 is 0 Å². The van der Waals surface area contributed by atoms with Crippen molar-refractivity contribution in [2.24, 2.45) is 5.41 Å². The second-order valence-electron chi connectivity index (χ2n) is 7.47. The number of hydrogen-bond donors (Lipinski definition) is 1. The smallest absolute Gasteiger partial charge is 0.138 e. The summed E-state index contributed by atoms with van der Waals surface area (Å²) in [6.07, 6.45) is 1.20. The fraction of sp³-hybridized carbons (Fsp3) is 0.733. The maximum absolute atomic E-state index is 6.08. The van der Waals surface area contributed by atoms with E-state index in [0.717, 1.165) is 30.3 Å². The Kier molecular flexibility index (Phi) is 3.23. The lowest BCUT2D eigenvalue weighted by molar-refractivity contribution is 0.418. The van der Waals surface area contributed by atoms with Crippen LogP contribution in [0.25, 0.3) is 0 Å². The molecule has 2 heterocycles. The molecule has 0 amide bonds. The Morgan fingerprint density at radius 2 is 1.84 bits per heavy atom. The number of aromatic nitrogens is 2. The summed E-state index contributed by atoms with van der Waals surface area (Å²) < 4.78 is 0. The van der Waals surface area contributed by atoms with Crippen LogP contribution in [0.5, 0.6) is 0 Å². The second-order valence-corrected chi connectivity index (χ2v) is 7.47. The first kappa shape index (κ1) is 14.1. The van der Waals surface area contributed by atoms with Crippen LogP contribution in [-0.2, 0) is 5.41 Å². The molecular weight excluding hydrogens is 236 g/mol. The summed E-state index contributed by atoms with van der Waals surface area (Å²) >= 11 is 0. The van der Waals surface area contributed by atoms with Crippen LogP contribution in [0.3, 0.4) is 0 Å². The molecule has 1 aromatic heterocycles. The fourth-order valence-corrected chi connectivity index (χ4v) is 2.46. The van der Waals surface area contributed by atoms with Crippen molar-refractivity contribution in [1.82, 2.24) is 9.97 Å². The van der Waals surface area contributed by atoms with E-state index in [9.17, 15) is 0 Å². The number of hydrogen-bond acceptors (Lipinski definition) is 4. The first-order valence-electron chi connectivity index (χ1n) is 7.00. The Morgan fingerprint density at radius 1 is 1.21 bits per heavy atom. The van der Waals surface area contributed by atoms with Gasteiger partial charge in [0.2, 0.25) is 0 Å². The van der Waals surface area contributed by atoms with Gasteiger partial charge in [-0.2, -0.15) is 0 Å². The molecule has 19 heavy (non-hydrogen) atoms. The maximum atomic E-state index is 6.08. The third-order valence-corrected chi connectivity index (χ3v) is 3.81. The molecular formula is C15H26N4. The molecule has 106 valence electrons. The molecule has 0 radical (unpaired) electrons. The van der Waals surface area contributed by atoms with Gasteiger partial charge in [0, 0.05) is 24.1 Å². The van der Waals surface area contributed by atoms with Gasteiger partial charge in [0.15, 0.2) is 0 Å². The number of anilines is 2. The van der Waals surface area contributed by atoms with Crippen molar-refractivity contribution < 1.29 is 0 Å². The molecule has 1 aromatic rings. The Hall–Kier alpha value is -1.32. The topological polar surface area (TPSA) is 55.0 Å². The standard InChI is InChI=1S/C15H26N4/c1-10-11(16)17-13(14(2,3)4)18-12(10)19-8-7-15(5,6)9-19/h7-9H2,1-6H3,(H2,16,17,18). The van der Waals surface area contributed by atoms with Crippen LogP contribution in [0.2, 0.25) is 0 Å². The van der Waals surface area contributed by atoms with Gasteiger partial charge < -0.3 is 10.6 Å². The van der Waals surface area contributed by atoms with Crippen LogP contribution in [0.1, 0.15) is 52.4 Å². The zero-order chi connectivity index (χ0) is 14.4. The van der Waals surface area contributed by atoms with Gasteiger partial charge in [-0.15, -0.1) is 0 Å². The van der Waals surface area contributed by atoms with Crippen LogP contribution < -0.4 is 10.6 Å². The van der Waals surface area contributed by atoms with E-state index >= 15 is 0 Å². The molecule has 1 aliphatic rings. The molecule has 0 bridgehead atoms. The highest BCUT2D eigenvalue weighted by atomic mass is 15.2. The number of nitrogens with two attached hydrogens (primary N) is 1. The Bertz CT molecular complexity index is 486. The lowest BCUT2D eigenvalue weighted by atomic mass is 9.93. The highest BCUT2D eigenvalue weighted by Gasteiger charge is 2.32. The predicted molar refractivity (Wildman–Crippen MR) is 80.5 cm³/mol. The monoisotopic (exact) mass is 262 g/mol. The highest BCUT2D eigenvalue weighted by molar-refractivity contribution is 5.57. The Balaban J connectivity index is 2.43. The minimum atomic E-state index is -0.0776. The van der Waals surface area contributed by atoms with Crippen molar-refractivity contribution >= 4 is 11.6 Å². The van der Waals surface area contributed by atoms with Crippen LogP contribution in [0.15, 0.2) is 0 Å². The second kappa shape index (κ2) is 4.36. The minimum Gasteiger partial charge on any atom is -0.383 e. The summed E-state index contributed by atoms with van der Waals surface area (Å²) in [6, 6.07) is 0. The SMILES string of the molecule is Cc1c(N)nc(C(C)(C)C)nc1N1CCC(C)(C)C1. The summed E-state index contributed by atoms with van der Waals surface area (Å²) in [4.78, 5) is 11.6. The van der Waals surface area contributed by atoms with Gasteiger partial charge in [-0.1, -0.05) is 34.6 Å². The lowest BCUT2D eigenvalue weighted by Crippen LogP contribution is -2.27. The molecule has 0 spiro atoms. The summed E-state index contributed by atoms with van der Waals surface area (Å²) in [5.74, 6) is 2.46. The van der Waals surface area contributed by atoms with Crippen LogP contribution in [-0.4, -0.2) is 23.1 Å². The van der Waals surface area contributed by atoms with Crippen molar-refractivity contribution in [2.75, 3.05) is 23.7 Å². The van der Waals surface area contributed by atoms with E-state index in [4.69, 9.17) is 10.7 Å². The van der Waals surface area contributed by atoms with E-state index in [1.165, 1.54) is 6.42 Å². The summed E-state index contributed by atoms with van der Waals surface area (Å²) in [6.45, 7) is 15.1. The van der Waals surface area contributed by atoms with Crippen LogP contribution in [0.4, 0.5) is 11.6 Å². The van der Waals surface area contributed by atoms with E-state index < -0.39 is 0 Å². The normalized spacial score (nSPS) is 18.9. The number of nitrogen functional groups attached to an aromatic ring is 1. The van der Waals surface area contributed by atoms with Gasteiger partial charge in [0.1, 0.15) is 17.5 Å². The van der Waals surface area contributed by atoms with E-state index in [2.05, 4.69) is 44.5 Å². The molecule has 0 atom stereocenters. The summed E-state index contributed by atoms with van der Waals surface area (Å²) in [7, 11) is 0. The first-order chi connectivity index (χ1) is 8.60. The van der Waals surface area contributed by atoms with Gasteiger partial charge in [-0.25, -0.2) is 9.97 Å². The predicted octanol–water partition coefficient (Wildman–Crippen LogP) is 2.90. The average molecular weight is 262 g/mol. The zero-order valence-electron chi connectivity index (χ0n) is 13.0. The molecule has 2 N–H and O–H groups in total. The summed E-state index contributed by atoms with van der Waals surface area (Å²) in [5.41, 5.74) is 7.36. The highest BCUT2D eigenvalue weighted by Crippen LogP contribution is 2.35. The Morgan fingerprint density at radius 3 is 2.32 bits per heavy atom. The molecule has 1 saturated heterocycles. The molecule has 2 rings (SSSR count). The minimum absolute atomic E-state index is 0.0776. The van der Waals surface area contributed by atoms with E-state index in [0.29, 0.717) is 11.2 Å². The third kappa shape index (κ3) is 2.82. The molecule has 1 aliphatic heterocycles. The largest absolute Gasteiger partial charge is 0.383 e. The number of rotatable bonds is 1. The van der Waals surface area contributed by atoms with Crippen molar-refractivity contribution in [3.05, 3.63) is 11.4 Å². The van der Waals surface area contributed by atoms with Gasteiger partial charge in [-0.3, -0.25) is 0 Å². The zero-order valence-corrected chi connectivity index (χ0v) is 13.0. The van der Waals surface area contributed by atoms with E-state index in [1.807, 2.05) is 6.92 Å². The number of nitrogens with zero attached hydrogens (tertiary/aromatic N) is 3. The maximum Gasteiger partial charge on any atom is 0.138 e. The van der Waals surface area contributed by atoms with Crippen molar-refractivity contribution in [3.8, 4) is 0 Å². The van der Waals surface area contributed by atoms with Gasteiger partial charge in [0.25, 0.3) is 0 Å². The molecule has 1 fully saturated rings.